The average molecular weight is 315 g/mol. The fraction of sp³-hybridized carbons (Fsp3) is 0.417. The van der Waals surface area contributed by atoms with Gasteiger partial charge < -0.3 is 15.0 Å². The first-order chi connectivity index (χ1) is 10.4. The Morgan fingerprint density at radius 2 is 2.32 bits per heavy atom. The molecule has 10 heteroatoms. The van der Waals surface area contributed by atoms with Crippen molar-refractivity contribution in [2.75, 3.05) is 6.61 Å². The van der Waals surface area contributed by atoms with Crippen molar-refractivity contribution < 1.29 is 22.7 Å². The number of nitrogens with zero attached hydrogens (tertiary/aromatic N) is 3. The zero-order valence-electron chi connectivity index (χ0n) is 11.3. The smallest absolute Gasteiger partial charge is 0.433 e. The first-order valence-corrected chi connectivity index (χ1v) is 6.53. The summed E-state index contributed by atoms with van der Waals surface area (Å²) in [5, 5.41) is 6.57. The van der Waals surface area contributed by atoms with Gasteiger partial charge in [0, 0.05) is 19.0 Å². The molecule has 1 aliphatic rings. The summed E-state index contributed by atoms with van der Waals surface area (Å²) in [5.41, 5.74) is -1.35. The van der Waals surface area contributed by atoms with E-state index in [0.29, 0.717) is 24.7 Å². The summed E-state index contributed by atoms with van der Waals surface area (Å²) in [7, 11) is 0. The Kier molecular flexibility index (Phi) is 3.51. The molecule has 118 valence electrons. The highest BCUT2D eigenvalue weighted by Crippen LogP contribution is 2.29. The van der Waals surface area contributed by atoms with Crippen molar-refractivity contribution in [3.63, 3.8) is 0 Å². The third-order valence-corrected chi connectivity index (χ3v) is 3.13. The van der Waals surface area contributed by atoms with Crippen molar-refractivity contribution in [2.45, 2.75) is 25.7 Å². The SMILES string of the molecule is O=C(NCc1cc2n(n1)CCCO2)c1nc[nH]c1C(F)(F)F. The Balaban J connectivity index is 1.68. The van der Waals surface area contributed by atoms with E-state index in [1.165, 1.54) is 0 Å². The highest BCUT2D eigenvalue weighted by atomic mass is 19.4. The Bertz CT molecular complexity index is 668. The lowest BCUT2D eigenvalue weighted by atomic mass is 10.3. The molecule has 2 N–H and O–H groups in total. The Labute approximate surface area is 122 Å². The molecular weight excluding hydrogens is 303 g/mol. The van der Waals surface area contributed by atoms with Gasteiger partial charge in [-0.3, -0.25) is 4.79 Å². The van der Waals surface area contributed by atoms with Crippen LogP contribution in [-0.2, 0) is 19.3 Å². The molecule has 0 unspecified atom stereocenters. The molecule has 0 radical (unpaired) electrons. The van der Waals surface area contributed by atoms with Gasteiger partial charge in [0.2, 0.25) is 5.88 Å². The molecule has 1 aliphatic heterocycles. The molecule has 0 aliphatic carbocycles. The van der Waals surface area contributed by atoms with E-state index in [4.69, 9.17) is 4.74 Å². The number of halogens is 3. The zero-order valence-corrected chi connectivity index (χ0v) is 11.3. The lowest BCUT2D eigenvalue weighted by molar-refractivity contribution is -0.141. The van der Waals surface area contributed by atoms with Crippen LogP contribution >= 0.6 is 0 Å². The zero-order chi connectivity index (χ0) is 15.7. The van der Waals surface area contributed by atoms with Gasteiger partial charge in [0.1, 0.15) is 0 Å². The van der Waals surface area contributed by atoms with Crippen LogP contribution in [0.5, 0.6) is 5.88 Å². The van der Waals surface area contributed by atoms with Gasteiger partial charge in [-0.1, -0.05) is 0 Å². The highest BCUT2D eigenvalue weighted by Gasteiger charge is 2.37. The summed E-state index contributed by atoms with van der Waals surface area (Å²) in [6, 6.07) is 1.65. The van der Waals surface area contributed by atoms with Crippen molar-refractivity contribution >= 4 is 5.91 Å². The number of alkyl halides is 3. The predicted octanol–water partition coefficient (Wildman–Crippen LogP) is 1.34. The summed E-state index contributed by atoms with van der Waals surface area (Å²) in [5.74, 6) is -0.327. The normalized spacial score (nSPS) is 14.3. The number of H-pyrrole nitrogens is 1. The maximum atomic E-state index is 12.7. The molecule has 2 aromatic rings. The maximum absolute atomic E-state index is 12.7. The van der Waals surface area contributed by atoms with Gasteiger partial charge >= 0.3 is 6.18 Å². The Morgan fingerprint density at radius 3 is 3.05 bits per heavy atom. The molecule has 0 atom stereocenters. The van der Waals surface area contributed by atoms with Gasteiger partial charge in [-0.25, -0.2) is 9.67 Å². The number of amides is 1. The number of aromatic nitrogens is 4. The van der Waals surface area contributed by atoms with Crippen molar-refractivity contribution in [1.29, 1.82) is 0 Å². The van der Waals surface area contributed by atoms with Crippen molar-refractivity contribution in [3.05, 3.63) is 29.5 Å². The van der Waals surface area contributed by atoms with Gasteiger partial charge in [-0.15, -0.1) is 0 Å². The third kappa shape index (κ3) is 2.76. The summed E-state index contributed by atoms with van der Waals surface area (Å²) < 4.78 is 45.1. The van der Waals surface area contributed by atoms with Crippen LogP contribution in [0.15, 0.2) is 12.4 Å². The van der Waals surface area contributed by atoms with Crippen LogP contribution in [0.3, 0.4) is 0 Å². The minimum Gasteiger partial charge on any atom is -0.478 e. The number of hydrogen-bond donors (Lipinski definition) is 2. The van der Waals surface area contributed by atoms with Gasteiger partial charge in [0.25, 0.3) is 5.91 Å². The van der Waals surface area contributed by atoms with E-state index < -0.39 is 23.5 Å². The molecule has 3 rings (SSSR count). The van der Waals surface area contributed by atoms with Crippen LogP contribution in [0.2, 0.25) is 0 Å². The molecule has 0 aromatic carbocycles. The molecule has 0 spiro atoms. The second-order valence-corrected chi connectivity index (χ2v) is 4.71. The van der Waals surface area contributed by atoms with Crippen LogP contribution in [0.4, 0.5) is 13.2 Å². The summed E-state index contributed by atoms with van der Waals surface area (Å²) >= 11 is 0. The first-order valence-electron chi connectivity index (χ1n) is 6.53. The van der Waals surface area contributed by atoms with E-state index in [1.807, 2.05) is 4.98 Å². The number of carbonyl (C=O) groups is 1. The molecule has 3 heterocycles. The number of fused-ring (bicyclic) bond motifs is 1. The second kappa shape index (κ2) is 5.35. The molecule has 1 amide bonds. The van der Waals surface area contributed by atoms with Crippen LogP contribution < -0.4 is 10.1 Å². The number of hydrogen-bond acceptors (Lipinski definition) is 4. The fourth-order valence-electron chi connectivity index (χ4n) is 2.14. The molecule has 0 bridgehead atoms. The van der Waals surface area contributed by atoms with E-state index >= 15 is 0 Å². The Morgan fingerprint density at radius 1 is 1.50 bits per heavy atom. The summed E-state index contributed by atoms with van der Waals surface area (Å²) in [6.07, 6.45) is -2.99. The predicted molar refractivity (Wildman–Crippen MR) is 67.1 cm³/mol. The number of imidazole rings is 1. The number of ether oxygens (including phenoxy) is 1. The lowest BCUT2D eigenvalue weighted by Crippen LogP contribution is -2.26. The number of aryl methyl sites for hydroxylation is 1. The van der Waals surface area contributed by atoms with Gasteiger partial charge in [-0.2, -0.15) is 18.3 Å². The molecular formula is C12H12F3N5O2. The van der Waals surface area contributed by atoms with Crippen molar-refractivity contribution in [1.82, 2.24) is 25.1 Å². The van der Waals surface area contributed by atoms with Crippen LogP contribution in [0.25, 0.3) is 0 Å². The molecule has 2 aromatic heterocycles. The van der Waals surface area contributed by atoms with Crippen LogP contribution in [0.1, 0.15) is 28.3 Å². The second-order valence-electron chi connectivity index (χ2n) is 4.71. The highest BCUT2D eigenvalue weighted by molar-refractivity contribution is 5.93. The molecule has 7 nitrogen and oxygen atoms in total. The number of aromatic amines is 1. The first kappa shape index (κ1) is 14.4. The van der Waals surface area contributed by atoms with Crippen molar-refractivity contribution in [3.8, 4) is 5.88 Å². The van der Waals surface area contributed by atoms with Gasteiger partial charge in [-0.05, 0) is 0 Å². The number of carbonyl (C=O) groups excluding carboxylic acids is 1. The van der Waals surface area contributed by atoms with Crippen molar-refractivity contribution in [2.24, 2.45) is 0 Å². The number of nitrogens with one attached hydrogen (secondary N) is 2. The fourth-order valence-corrected chi connectivity index (χ4v) is 2.14. The largest absolute Gasteiger partial charge is 0.478 e. The van der Waals surface area contributed by atoms with Crippen LogP contribution in [0, 0.1) is 0 Å². The average Bonchev–Trinajstić information content (AvgIpc) is 3.10. The van der Waals surface area contributed by atoms with Crippen LogP contribution in [-0.4, -0.2) is 32.3 Å². The van der Waals surface area contributed by atoms with E-state index in [0.717, 1.165) is 12.7 Å². The molecule has 22 heavy (non-hydrogen) atoms. The van der Waals surface area contributed by atoms with E-state index in [1.54, 1.807) is 10.7 Å². The van der Waals surface area contributed by atoms with E-state index in [9.17, 15) is 18.0 Å². The third-order valence-electron chi connectivity index (χ3n) is 3.13. The summed E-state index contributed by atoms with van der Waals surface area (Å²) in [6.45, 7) is 1.30. The summed E-state index contributed by atoms with van der Waals surface area (Å²) in [4.78, 5) is 17.2. The quantitative estimate of drug-likeness (QED) is 0.895. The monoisotopic (exact) mass is 315 g/mol. The van der Waals surface area contributed by atoms with Gasteiger partial charge in [0.05, 0.1) is 25.2 Å². The Hall–Kier alpha value is -2.52. The molecule has 0 saturated carbocycles. The van der Waals surface area contributed by atoms with Gasteiger partial charge in [0.15, 0.2) is 11.4 Å². The lowest BCUT2D eigenvalue weighted by Gasteiger charge is -2.13. The maximum Gasteiger partial charge on any atom is 0.433 e. The molecule has 0 saturated heterocycles. The van der Waals surface area contributed by atoms with E-state index in [2.05, 4.69) is 15.4 Å². The molecule has 0 fully saturated rings. The number of rotatable bonds is 3. The standard InChI is InChI=1S/C12H12F3N5O2/c13-12(14,15)10-9(17-6-18-10)11(21)16-5-7-4-8-20(19-7)2-1-3-22-8/h4,6H,1-3,5H2,(H,16,21)(H,17,18). The minimum atomic E-state index is -4.66. The minimum absolute atomic E-state index is 0.00759. The topological polar surface area (TPSA) is 84.8 Å². The van der Waals surface area contributed by atoms with E-state index in [-0.39, 0.29) is 6.54 Å².